The van der Waals surface area contributed by atoms with Crippen LogP contribution in [0.3, 0.4) is 0 Å². The van der Waals surface area contributed by atoms with Crippen LogP contribution in [0.4, 0.5) is 17.2 Å². The van der Waals surface area contributed by atoms with Crippen LogP contribution in [0, 0.1) is 5.92 Å². The summed E-state index contributed by atoms with van der Waals surface area (Å²) in [7, 11) is 1.96. The number of carbonyl (C=O) groups is 2. The largest absolute Gasteiger partial charge is 0.365 e. The fourth-order valence-electron chi connectivity index (χ4n) is 4.47. The lowest BCUT2D eigenvalue weighted by Gasteiger charge is -2.41. The number of benzene rings is 2. The number of hydrogen-bond acceptors (Lipinski definition) is 5. The Hall–Kier alpha value is -3.41. The number of ketones is 1. The van der Waals surface area contributed by atoms with Crippen molar-refractivity contribution in [2.75, 3.05) is 22.2 Å². The molecule has 28 heavy (non-hydrogen) atoms. The van der Waals surface area contributed by atoms with E-state index in [-0.39, 0.29) is 23.9 Å². The zero-order chi connectivity index (χ0) is 19.4. The molecule has 6 nitrogen and oxygen atoms in total. The van der Waals surface area contributed by atoms with Crippen molar-refractivity contribution < 1.29 is 9.59 Å². The van der Waals surface area contributed by atoms with Gasteiger partial charge >= 0.3 is 0 Å². The van der Waals surface area contributed by atoms with Crippen molar-refractivity contribution in [3.8, 4) is 0 Å². The van der Waals surface area contributed by atoms with Gasteiger partial charge in [-0.05, 0) is 42.0 Å². The van der Waals surface area contributed by atoms with Crippen LogP contribution in [-0.2, 0) is 9.59 Å². The number of likely N-dealkylation sites (N-methyl/N-ethyl adjacent to an activating group) is 1. The van der Waals surface area contributed by atoms with E-state index in [4.69, 9.17) is 0 Å². The van der Waals surface area contributed by atoms with E-state index in [2.05, 4.69) is 39.5 Å². The first-order valence-corrected chi connectivity index (χ1v) is 9.33. The van der Waals surface area contributed by atoms with E-state index in [1.54, 1.807) is 17.2 Å². The molecule has 6 heteroatoms. The number of hydrogen-bond donors (Lipinski definition) is 1. The van der Waals surface area contributed by atoms with Crippen LogP contribution < -0.4 is 15.1 Å². The molecule has 3 heterocycles. The third kappa shape index (κ3) is 2.30. The van der Waals surface area contributed by atoms with Crippen molar-refractivity contribution in [1.82, 2.24) is 4.98 Å². The van der Waals surface area contributed by atoms with Gasteiger partial charge in [0.2, 0.25) is 5.91 Å². The van der Waals surface area contributed by atoms with Gasteiger partial charge in [0.15, 0.2) is 0 Å². The normalized spacial score (nSPS) is 23.4. The van der Waals surface area contributed by atoms with E-state index < -0.39 is 5.92 Å². The van der Waals surface area contributed by atoms with Gasteiger partial charge in [-0.1, -0.05) is 30.3 Å². The van der Waals surface area contributed by atoms with E-state index >= 15 is 0 Å². The van der Waals surface area contributed by atoms with Gasteiger partial charge in [-0.25, -0.2) is 4.98 Å². The summed E-state index contributed by atoms with van der Waals surface area (Å²) in [5.41, 5.74) is 1.93. The van der Waals surface area contributed by atoms with Gasteiger partial charge in [0.05, 0.1) is 17.4 Å². The molecule has 0 bridgehead atoms. The molecule has 1 fully saturated rings. The second-order valence-corrected chi connectivity index (χ2v) is 7.39. The monoisotopic (exact) mass is 372 g/mol. The van der Waals surface area contributed by atoms with Gasteiger partial charge in [0, 0.05) is 13.2 Å². The highest BCUT2D eigenvalue weighted by Gasteiger charge is 2.55. The Bertz CT molecular complexity index is 1100. The number of fused-ring (bicyclic) bond motifs is 3. The highest BCUT2D eigenvalue weighted by Crippen LogP contribution is 2.43. The molecule has 1 amide bonds. The van der Waals surface area contributed by atoms with Gasteiger partial charge in [-0.2, -0.15) is 0 Å². The van der Waals surface area contributed by atoms with Crippen LogP contribution in [0.15, 0.2) is 60.8 Å². The Balaban J connectivity index is 1.67. The summed E-state index contributed by atoms with van der Waals surface area (Å²) in [4.78, 5) is 33.7. The van der Waals surface area contributed by atoms with E-state index in [0.29, 0.717) is 5.82 Å². The summed E-state index contributed by atoms with van der Waals surface area (Å²) >= 11 is 0. The molecule has 2 aliphatic heterocycles. The van der Waals surface area contributed by atoms with Crippen molar-refractivity contribution in [1.29, 1.82) is 0 Å². The number of rotatable bonds is 2. The number of anilines is 3. The van der Waals surface area contributed by atoms with Gasteiger partial charge in [0.25, 0.3) is 0 Å². The number of carbonyl (C=O) groups excluding carboxylic acids is 2. The molecule has 1 aromatic heterocycles. The van der Waals surface area contributed by atoms with Gasteiger partial charge in [0.1, 0.15) is 23.7 Å². The first-order valence-electron chi connectivity index (χ1n) is 9.33. The van der Waals surface area contributed by atoms with E-state index in [1.807, 2.05) is 31.3 Å². The minimum atomic E-state index is -0.732. The second-order valence-electron chi connectivity index (χ2n) is 7.39. The highest BCUT2D eigenvalue weighted by molar-refractivity contribution is 6.12. The molecule has 1 N–H and O–H groups in total. The summed E-state index contributed by atoms with van der Waals surface area (Å²) in [6, 6.07) is 17.5. The maximum Gasteiger partial charge on any atom is 0.242 e. The lowest BCUT2D eigenvalue weighted by molar-refractivity contribution is -0.129. The van der Waals surface area contributed by atoms with Crippen molar-refractivity contribution in [2.45, 2.75) is 19.1 Å². The number of nitrogens with zero attached hydrogens (tertiary/aromatic N) is 3. The third-order valence-electron chi connectivity index (χ3n) is 5.78. The van der Waals surface area contributed by atoms with Gasteiger partial charge in [-0.15, -0.1) is 0 Å². The van der Waals surface area contributed by atoms with Crippen molar-refractivity contribution >= 4 is 39.7 Å². The Morgan fingerprint density at radius 2 is 1.79 bits per heavy atom. The molecule has 2 aromatic carbocycles. The topological polar surface area (TPSA) is 65.5 Å². The number of aromatic nitrogens is 1. The van der Waals surface area contributed by atoms with Crippen molar-refractivity contribution in [3.05, 3.63) is 60.8 Å². The number of pyridine rings is 1. The quantitative estimate of drug-likeness (QED) is 0.701. The molecule has 1 saturated heterocycles. The number of amides is 1. The summed E-state index contributed by atoms with van der Waals surface area (Å²) in [5.74, 6) is -0.519. The van der Waals surface area contributed by atoms with E-state index in [1.165, 1.54) is 6.92 Å². The Morgan fingerprint density at radius 1 is 1.07 bits per heavy atom. The summed E-state index contributed by atoms with van der Waals surface area (Å²) in [6.45, 7) is 1.49. The fourth-order valence-corrected chi connectivity index (χ4v) is 4.47. The standard InChI is InChI=1S/C22H20N4O2/c1-13(27)19-20-21(26(22(19)28)18-9-5-6-10-23-18)24-16-11-14-7-3-4-8-15(14)12-17(16)25(20)2/h3-12,19-21,24H,1-2H3/t19?,20-,21+/m0/s1. The maximum absolute atomic E-state index is 13.2. The van der Waals surface area contributed by atoms with Gasteiger partial charge < -0.3 is 10.2 Å². The Labute approximate surface area is 162 Å². The van der Waals surface area contributed by atoms with E-state index in [9.17, 15) is 9.59 Å². The zero-order valence-electron chi connectivity index (χ0n) is 15.7. The predicted octanol–water partition coefficient (Wildman–Crippen LogP) is 3.04. The van der Waals surface area contributed by atoms with Crippen LogP contribution in [-0.4, -0.2) is 35.9 Å². The molecule has 0 radical (unpaired) electrons. The Kier molecular flexibility index (Phi) is 3.62. The van der Waals surface area contributed by atoms with Crippen molar-refractivity contribution in [2.24, 2.45) is 5.92 Å². The lowest BCUT2D eigenvalue weighted by atomic mass is 9.93. The molecule has 2 aliphatic rings. The molecule has 140 valence electrons. The minimum Gasteiger partial charge on any atom is -0.365 e. The summed E-state index contributed by atoms with van der Waals surface area (Å²) in [5, 5.41) is 5.76. The fraction of sp³-hybridized carbons (Fsp3) is 0.227. The van der Waals surface area contributed by atoms with Crippen LogP contribution in [0.2, 0.25) is 0 Å². The molecular weight excluding hydrogens is 352 g/mol. The molecule has 0 saturated carbocycles. The van der Waals surface area contributed by atoms with Gasteiger partial charge in [-0.3, -0.25) is 14.5 Å². The number of Topliss-reactive ketones (excluding diaryl/α,β-unsaturated/α-hetero) is 1. The molecule has 1 unspecified atom stereocenters. The van der Waals surface area contributed by atoms with Crippen molar-refractivity contribution in [3.63, 3.8) is 0 Å². The van der Waals surface area contributed by atoms with E-state index in [0.717, 1.165) is 22.1 Å². The minimum absolute atomic E-state index is 0.128. The average Bonchev–Trinajstić information content (AvgIpc) is 3.00. The molecule has 0 aliphatic carbocycles. The molecule has 0 spiro atoms. The second kappa shape index (κ2) is 6.05. The zero-order valence-corrected chi connectivity index (χ0v) is 15.7. The highest BCUT2D eigenvalue weighted by atomic mass is 16.2. The average molecular weight is 372 g/mol. The first-order chi connectivity index (χ1) is 13.6. The van der Waals surface area contributed by atoms with Crippen LogP contribution in [0.5, 0.6) is 0 Å². The molecule has 5 rings (SSSR count). The molecule has 3 aromatic rings. The summed E-state index contributed by atoms with van der Waals surface area (Å²) < 4.78 is 0. The molecule has 3 atom stereocenters. The molecular formula is C22H20N4O2. The van der Waals surface area contributed by atoms with Crippen LogP contribution in [0.1, 0.15) is 6.92 Å². The number of nitrogens with one attached hydrogen (secondary N) is 1. The Morgan fingerprint density at radius 3 is 2.46 bits per heavy atom. The summed E-state index contributed by atoms with van der Waals surface area (Å²) in [6.07, 6.45) is 1.29. The lowest BCUT2D eigenvalue weighted by Crippen LogP contribution is -2.54. The van der Waals surface area contributed by atoms with Crippen LogP contribution >= 0.6 is 0 Å². The van der Waals surface area contributed by atoms with Crippen LogP contribution in [0.25, 0.3) is 10.8 Å². The smallest absolute Gasteiger partial charge is 0.242 e. The third-order valence-corrected chi connectivity index (χ3v) is 5.78. The predicted molar refractivity (Wildman–Crippen MR) is 109 cm³/mol. The first kappa shape index (κ1) is 16.7. The SMILES string of the molecule is CC(=O)C1C(=O)N(c2ccccn2)[C@H]2Nc3cc4ccccc4cc3N(C)[C@@H]12. The maximum atomic E-state index is 13.2.